The third kappa shape index (κ3) is 5.36. The highest BCUT2D eigenvalue weighted by atomic mass is 16.5. The first-order valence-electron chi connectivity index (χ1n) is 9.58. The summed E-state index contributed by atoms with van der Waals surface area (Å²) in [6.45, 7) is 1.27. The smallest absolute Gasteiger partial charge is 0.337 e. The highest BCUT2D eigenvalue weighted by Crippen LogP contribution is 2.27. The van der Waals surface area contributed by atoms with E-state index in [2.05, 4.69) is 63.8 Å². The molecule has 3 aromatic rings. The van der Waals surface area contributed by atoms with Crippen molar-refractivity contribution in [1.82, 2.24) is 5.32 Å². The predicted octanol–water partition coefficient (Wildman–Crippen LogP) is 5.18. The molecule has 0 saturated heterocycles. The van der Waals surface area contributed by atoms with Crippen LogP contribution in [-0.4, -0.2) is 19.6 Å². The Balaban J connectivity index is 1.65. The summed E-state index contributed by atoms with van der Waals surface area (Å²) in [6.07, 6.45) is 0.915. The molecule has 148 valence electrons. The monoisotopic (exact) mass is 388 g/mol. The zero-order valence-electron chi connectivity index (χ0n) is 16.4. The number of ether oxygens (including phenoxy) is 1. The van der Waals surface area contributed by atoms with Gasteiger partial charge in [0.1, 0.15) is 5.69 Å². The van der Waals surface area contributed by atoms with Gasteiger partial charge in [-0.05, 0) is 47.0 Å². The van der Waals surface area contributed by atoms with Gasteiger partial charge in [-0.25, -0.2) is 4.79 Å². The Kier molecular flexibility index (Phi) is 7.25. The number of carbonyl (C=O) groups is 1. The maximum atomic E-state index is 11.6. The van der Waals surface area contributed by atoms with Crippen LogP contribution in [-0.2, 0) is 11.3 Å². The molecule has 5 heteroatoms. The Bertz CT molecular complexity index is 903. The minimum absolute atomic E-state index is 0.253. The number of nitrogens with zero attached hydrogens (tertiary/aromatic N) is 1. The van der Waals surface area contributed by atoms with Crippen LogP contribution < -0.4 is 5.32 Å². The molecule has 0 aliphatic heterocycles. The van der Waals surface area contributed by atoms with Crippen LogP contribution in [0.25, 0.3) is 0 Å². The standard InChI is InChI=1S/C24H24N2O3/c1-29-24(27)20-12-13-21(23(16-20)26-28)17-25-15-14-22(18-8-4-2-5-9-18)19-10-6-3-7-11-19/h2-13,16,22,25H,14-15,17H2,1H3. The van der Waals surface area contributed by atoms with Crippen LogP contribution in [0.3, 0.4) is 0 Å². The minimum atomic E-state index is -0.483. The van der Waals surface area contributed by atoms with Crippen LogP contribution in [0, 0.1) is 4.91 Å². The Labute approximate surface area is 170 Å². The fraction of sp³-hybridized carbons (Fsp3) is 0.208. The average molecular weight is 388 g/mol. The van der Waals surface area contributed by atoms with Crippen LogP contribution >= 0.6 is 0 Å². The molecular formula is C24H24N2O3. The number of rotatable bonds is 9. The summed E-state index contributed by atoms with van der Waals surface area (Å²) in [5.74, 6) is -0.196. The van der Waals surface area contributed by atoms with Crippen LogP contribution in [0.15, 0.2) is 84.0 Å². The molecule has 1 N–H and O–H groups in total. The molecule has 0 aliphatic rings. The molecule has 3 aromatic carbocycles. The summed E-state index contributed by atoms with van der Waals surface area (Å²) in [7, 11) is 1.31. The molecule has 3 rings (SSSR count). The second-order valence-electron chi connectivity index (χ2n) is 6.77. The largest absolute Gasteiger partial charge is 0.465 e. The lowest BCUT2D eigenvalue weighted by molar-refractivity contribution is 0.0600. The van der Waals surface area contributed by atoms with E-state index in [1.165, 1.54) is 24.3 Å². The maximum Gasteiger partial charge on any atom is 0.337 e. The second kappa shape index (κ2) is 10.3. The van der Waals surface area contributed by atoms with Gasteiger partial charge < -0.3 is 10.1 Å². The van der Waals surface area contributed by atoms with Gasteiger partial charge >= 0.3 is 5.97 Å². The molecule has 0 spiro atoms. The predicted molar refractivity (Wildman–Crippen MR) is 114 cm³/mol. The van der Waals surface area contributed by atoms with Crippen molar-refractivity contribution < 1.29 is 9.53 Å². The van der Waals surface area contributed by atoms with Gasteiger partial charge in [-0.3, -0.25) is 0 Å². The quantitative estimate of drug-likeness (QED) is 0.311. The summed E-state index contributed by atoms with van der Waals surface area (Å²) in [5.41, 5.74) is 3.88. The van der Waals surface area contributed by atoms with Crippen molar-refractivity contribution in [2.75, 3.05) is 13.7 Å². The summed E-state index contributed by atoms with van der Waals surface area (Å²) in [6, 6.07) is 25.7. The Morgan fingerprint density at radius 2 is 1.59 bits per heavy atom. The summed E-state index contributed by atoms with van der Waals surface area (Å²) < 4.78 is 4.69. The number of carbonyl (C=O) groups excluding carboxylic acids is 1. The molecule has 0 aliphatic carbocycles. The van der Waals surface area contributed by atoms with Crippen molar-refractivity contribution in [3.63, 3.8) is 0 Å². The summed E-state index contributed by atoms with van der Waals surface area (Å²) in [4.78, 5) is 22.8. The van der Waals surface area contributed by atoms with Crippen molar-refractivity contribution in [3.8, 4) is 0 Å². The van der Waals surface area contributed by atoms with Gasteiger partial charge in [-0.1, -0.05) is 66.7 Å². The highest BCUT2D eigenvalue weighted by Gasteiger charge is 2.14. The van der Waals surface area contributed by atoms with Gasteiger partial charge in [0, 0.05) is 12.5 Å². The summed E-state index contributed by atoms with van der Waals surface area (Å²) >= 11 is 0. The summed E-state index contributed by atoms with van der Waals surface area (Å²) in [5, 5.41) is 6.45. The highest BCUT2D eigenvalue weighted by molar-refractivity contribution is 5.90. The first-order valence-corrected chi connectivity index (χ1v) is 9.58. The van der Waals surface area contributed by atoms with Gasteiger partial charge in [0.05, 0.1) is 12.7 Å². The lowest BCUT2D eigenvalue weighted by Crippen LogP contribution is -2.18. The van der Waals surface area contributed by atoms with Gasteiger partial charge in [-0.2, -0.15) is 0 Å². The van der Waals surface area contributed by atoms with Gasteiger partial charge in [0.2, 0.25) is 0 Å². The van der Waals surface area contributed by atoms with Gasteiger partial charge in [-0.15, -0.1) is 4.91 Å². The molecule has 29 heavy (non-hydrogen) atoms. The fourth-order valence-corrected chi connectivity index (χ4v) is 3.41. The Morgan fingerprint density at radius 1 is 0.966 bits per heavy atom. The van der Waals surface area contributed by atoms with Crippen LogP contribution in [0.4, 0.5) is 5.69 Å². The van der Waals surface area contributed by atoms with Crippen molar-refractivity contribution in [3.05, 3.63) is 106 Å². The van der Waals surface area contributed by atoms with Crippen molar-refractivity contribution in [2.45, 2.75) is 18.9 Å². The Morgan fingerprint density at radius 3 is 2.14 bits per heavy atom. The van der Waals surface area contributed by atoms with E-state index in [9.17, 15) is 9.70 Å². The number of hydrogen-bond donors (Lipinski definition) is 1. The van der Waals surface area contributed by atoms with Crippen LogP contribution in [0.2, 0.25) is 0 Å². The molecule has 0 atom stereocenters. The van der Waals surface area contributed by atoms with E-state index in [4.69, 9.17) is 0 Å². The normalized spacial score (nSPS) is 10.7. The molecule has 0 heterocycles. The number of nitroso groups, excluding NO2 is 1. The van der Waals surface area contributed by atoms with Gasteiger partial charge in [0.25, 0.3) is 0 Å². The third-order valence-electron chi connectivity index (χ3n) is 4.93. The van der Waals surface area contributed by atoms with Crippen molar-refractivity contribution >= 4 is 11.7 Å². The molecule has 0 fully saturated rings. The second-order valence-corrected chi connectivity index (χ2v) is 6.77. The number of nitrogens with one attached hydrogen (secondary N) is 1. The van der Waals surface area contributed by atoms with Gasteiger partial charge in [0.15, 0.2) is 0 Å². The number of methoxy groups -OCH3 is 1. The first kappa shape index (κ1) is 20.4. The number of hydrogen-bond acceptors (Lipinski definition) is 5. The zero-order chi connectivity index (χ0) is 20.5. The van der Waals surface area contributed by atoms with E-state index >= 15 is 0 Å². The lowest BCUT2D eigenvalue weighted by Gasteiger charge is -2.18. The average Bonchev–Trinajstić information content (AvgIpc) is 2.79. The van der Waals surface area contributed by atoms with E-state index < -0.39 is 5.97 Å². The van der Waals surface area contributed by atoms with E-state index in [0.717, 1.165) is 18.5 Å². The maximum absolute atomic E-state index is 11.6. The van der Waals surface area contributed by atoms with Crippen LogP contribution in [0.1, 0.15) is 39.4 Å². The van der Waals surface area contributed by atoms with E-state index in [-0.39, 0.29) is 11.6 Å². The minimum Gasteiger partial charge on any atom is -0.465 e. The topological polar surface area (TPSA) is 67.8 Å². The molecule has 0 amide bonds. The van der Waals surface area contributed by atoms with E-state index in [1.54, 1.807) is 12.1 Å². The zero-order valence-corrected chi connectivity index (χ0v) is 16.4. The van der Waals surface area contributed by atoms with Crippen molar-refractivity contribution in [2.24, 2.45) is 5.18 Å². The Hall–Kier alpha value is -3.31. The van der Waals surface area contributed by atoms with E-state index in [1.807, 2.05) is 12.1 Å². The first-order chi connectivity index (χ1) is 14.2. The fourth-order valence-electron chi connectivity index (χ4n) is 3.41. The molecule has 0 saturated carbocycles. The SMILES string of the molecule is COC(=O)c1ccc(CNCCC(c2ccccc2)c2ccccc2)c(N=O)c1. The number of benzene rings is 3. The molecule has 5 nitrogen and oxygen atoms in total. The molecule has 0 bridgehead atoms. The molecule has 0 unspecified atom stereocenters. The van der Waals surface area contributed by atoms with Crippen LogP contribution in [0.5, 0.6) is 0 Å². The molecule has 0 aromatic heterocycles. The molecular weight excluding hydrogens is 364 g/mol. The van der Waals surface area contributed by atoms with Crippen molar-refractivity contribution in [1.29, 1.82) is 0 Å². The molecule has 0 radical (unpaired) electrons. The van der Waals surface area contributed by atoms with E-state index in [0.29, 0.717) is 12.1 Å². The third-order valence-corrected chi connectivity index (χ3v) is 4.93. The lowest BCUT2D eigenvalue weighted by atomic mass is 9.88. The number of esters is 1.